The molecule has 1 aliphatic rings. The third kappa shape index (κ3) is 3.81. The number of halogens is 2. The maximum absolute atomic E-state index is 13.3. The first-order chi connectivity index (χ1) is 9.93. The molecule has 0 aliphatic heterocycles. The first-order valence-electron chi connectivity index (χ1n) is 6.91. The fraction of sp³-hybridized carbons (Fsp3) is 0.467. The Morgan fingerprint density at radius 2 is 1.90 bits per heavy atom. The number of aliphatic carboxylic acids is 1. The van der Waals surface area contributed by atoms with Crippen molar-refractivity contribution in [2.45, 2.75) is 32.1 Å². The summed E-state index contributed by atoms with van der Waals surface area (Å²) in [6.45, 7) is 0.0787. The number of carboxylic acid groups (broad SMARTS) is 1. The van der Waals surface area contributed by atoms with Gasteiger partial charge in [-0.15, -0.1) is 0 Å². The summed E-state index contributed by atoms with van der Waals surface area (Å²) in [7, 11) is 0. The van der Waals surface area contributed by atoms with Gasteiger partial charge in [0.1, 0.15) is 5.82 Å². The van der Waals surface area contributed by atoms with E-state index in [4.69, 9.17) is 0 Å². The number of nitrogens with one attached hydrogen (secondary N) is 1. The molecule has 1 aromatic rings. The average molecular weight is 358 g/mol. The van der Waals surface area contributed by atoms with Gasteiger partial charge >= 0.3 is 5.97 Å². The minimum atomic E-state index is -0.890. The van der Waals surface area contributed by atoms with Gasteiger partial charge in [-0.05, 0) is 31.0 Å². The predicted molar refractivity (Wildman–Crippen MR) is 79.6 cm³/mol. The summed E-state index contributed by atoms with van der Waals surface area (Å²) < 4.78 is 13.8. The fourth-order valence-corrected chi connectivity index (χ4v) is 3.20. The number of carbonyl (C=O) groups is 2. The third-order valence-corrected chi connectivity index (χ3v) is 4.43. The third-order valence-electron chi connectivity index (χ3n) is 3.98. The van der Waals surface area contributed by atoms with E-state index >= 15 is 0 Å². The van der Waals surface area contributed by atoms with Crippen LogP contribution in [0.1, 0.15) is 42.5 Å². The summed E-state index contributed by atoms with van der Waals surface area (Å²) >= 11 is 3.13. The monoisotopic (exact) mass is 357 g/mol. The Hall–Kier alpha value is -1.43. The standard InChI is InChI=1S/C15H17BrFNO3/c16-11-6-10(7-12(17)8-11)13(19)18-9-15(14(20)21)4-2-1-3-5-15/h6-8H,1-5,9H2,(H,18,19)(H,20,21). The normalized spacial score (nSPS) is 17.2. The van der Waals surface area contributed by atoms with Crippen LogP contribution in [0.2, 0.25) is 0 Å². The van der Waals surface area contributed by atoms with E-state index in [9.17, 15) is 19.1 Å². The molecule has 0 bridgehead atoms. The molecule has 114 valence electrons. The molecule has 0 atom stereocenters. The van der Waals surface area contributed by atoms with E-state index in [2.05, 4.69) is 21.2 Å². The van der Waals surface area contributed by atoms with Gasteiger partial charge in [0.2, 0.25) is 0 Å². The number of rotatable bonds is 4. The second-order valence-electron chi connectivity index (χ2n) is 5.49. The molecule has 4 nitrogen and oxygen atoms in total. The molecule has 1 saturated carbocycles. The van der Waals surface area contributed by atoms with Crippen molar-refractivity contribution >= 4 is 27.8 Å². The van der Waals surface area contributed by atoms with Gasteiger partial charge in [-0.1, -0.05) is 35.2 Å². The summed E-state index contributed by atoms with van der Waals surface area (Å²) in [6.07, 6.45) is 3.87. The molecule has 2 rings (SSSR count). The second kappa shape index (κ2) is 6.56. The van der Waals surface area contributed by atoms with Crippen LogP contribution in [0.3, 0.4) is 0 Å². The van der Waals surface area contributed by atoms with Crippen LogP contribution in [0, 0.1) is 11.2 Å². The number of hydrogen-bond donors (Lipinski definition) is 2. The summed E-state index contributed by atoms with van der Waals surface area (Å²) in [5.74, 6) is -1.84. The fourth-order valence-electron chi connectivity index (χ4n) is 2.73. The smallest absolute Gasteiger partial charge is 0.311 e. The van der Waals surface area contributed by atoms with Crippen LogP contribution in [-0.4, -0.2) is 23.5 Å². The van der Waals surface area contributed by atoms with Crippen molar-refractivity contribution in [2.24, 2.45) is 5.41 Å². The minimum Gasteiger partial charge on any atom is -0.481 e. The zero-order valence-electron chi connectivity index (χ0n) is 11.5. The van der Waals surface area contributed by atoms with E-state index in [0.29, 0.717) is 17.3 Å². The number of hydrogen-bond acceptors (Lipinski definition) is 2. The number of carbonyl (C=O) groups excluding carboxylic acids is 1. The Labute approximate surface area is 130 Å². The highest BCUT2D eigenvalue weighted by Gasteiger charge is 2.39. The van der Waals surface area contributed by atoms with E-state index < -0.39 is 23.1 Å². The first kappa shape index (κ1) is 15.9. The molecular weight excluding hydrogens is 341 g/mol. The quantitative estimate of drug-likeness (QED) is 0.868. The van der Waals surface area contributed by atoms with Crippen molar-refractivity contribution < 1.29 is 19.1 Å². The lowest BCUT2D eigenvalue weighted by Gasteiger charge is -2.33. The van der Waals surface area contributed by atoms with E-state index in [-0.39, 0.29) is 12.1 Å². The Bertz CT molecular complexity index is 536. The van der Waals surface area contributed by atoms with Crippen LogP contribution in [0.4, 0.5) is 4.39 Å². The molecule has 0 radical (unpaired) electrons. The van der Waals surface area contributed by atoms with Crippen molar-refractivity contribution in [3.63, 3.8) is 0 Å². The summed E-state index contributed by atoms with van der Waals surface area (Å²) in [4.78, 5) is 23.6. The lowest BCUT2D eigenvalue weighted by Crippen LogP contribution is -2.44. The highest BCUT2D eigenvalue weighted by Crippen LogP contribution is 2.36. The highest BCUT2D eigenvalue weighted by molar-refractivity contribution is 9.10. The maximum Gasteiger partial charge on any atom is 0.311 e. The Balaban J connectivity index is 2.06. The topological polar surface area (TPSA) is 66.4 Å². The second-order valence-corrected chi connectivity index (χ2v) is 6.40. The largest absolute Gasteiger partial charge is 0.481 e. The van der Waals surface area contributed by atoms with Gasteiger partial charge in [0, 0.05) is 16.6 Å². The summed E-state index contributed by atoms with van der Waals surface area (Å²) in [5, 5.41) is 12.1. The molecule has 1 amide bonds. The molecule has 1 fully saturated rings. The molecule has 1 aliphatic carbocycles. The maximum atomic E-state index is 13.3. The number of carboxylic acids is 1. The van der Waals surface area contributed by atoms with Gasteiger partial charge < -0.3 is 10.4 Å². The SMILES string of the molecule is O=C(NCC1(C(=O)O)CCCCC1)c1cc(F)cc(Br)c1. The van der Waals surface area contributed by atoms with Crippen LogP contribution in [0.15, 0.2) is 22.7 Å². The molecule has 6 heteroatoms. The lowest BCUT2D eigenvalue weighted by molar-refractivity contribution is -0.150. The van der Waals surface area contributed by atoms with E-state index in [1.807, 2.05) is 0 Å². The molecule has 0 aromatic heterocycles. The van der Waals surface area contributed by atoms with Gasteiger partial charge in [-0.3, -0.25) is 9.59 Å². The Kier molecular flexibility index (Phi) is 4.98. The highest BCUT2D eigenvalue weighted by atomic mass is 79.9. The van der Waals surface area contributed by atoms with Gasteiger partial charge in [0.15, 0.2) is 0 Å². The van der Waals surface area contributed by atoms with E-state index in [1.165, 1.54) is 12.1 Å². The molecule has 0 saturated heterocycles. The molecular formula is C15H17BrFNO3. The zero-order chi connectivity index (χ0) is 15.5. The van der Waals surface area contributed by atoms with Gasteiger partial charge in [-0.2, -0.15) is 0 Å². The molecule has 2 N–H and O–H groups in total. The van der Waals surface area contributed by atoms with Crippen molar-refractivity contribution in [2.75, 3.05) is 6.54 Å². The number of benzene rings is 1. The summed E-state index contributed by atoms with van der Waals surface area (Å²) in [5.41, 5.74) is -0.711. The number of amides is 1. The lowest BCUT2D eigenvalue weighted by atomic mass is 9.74. The van der Waals surface area contributed by atoms with Gasteiger partial charge in [0.05, 0.1) is 5.41 Å². The zero-order valence-corrected chi connectivity index (χ0v) is 13.1. The van der Waals surface area contributed by atoms with Crippen LogP contribution < -0.4 is 5.32 Å². The Morgan fingerprint density at radius 1 is 1.24 bits per heavy atom. The molecule has 0 spiro atoms. The van der Waals surface area contributed by atoms with Crippen LogP contribution in [-0.2, 0) is 4.79 Å². The van der Waals surface area contributed by atoms with Crippen LogP contribution >= 0.6 is 15.9 Å². The average Bonchev–Trinajstić information content (AvgIpc) is 2.44. The van der Waals surface area contributed by atoms with Crippen molar-refractivity contribution in [3.05, 3.63) is 34.1 Å². The van der Waals surface area contributed by atoms with Crippen LogP contribution in [0.25, 0.3) is 0 Å². The van der Waals surface area contributed by atoms with Crippen LogP contribution in [0.5, 0.6) is 0 Å². The summed E-state index contributed by atoms with van der Waals surface area (Å²) in [6, 6.07) is 3.90. The van der Waals surface area contributed by atoms with E-state index in [1.54, 1.807) is 0 Å². The van der Waals surface area contributed by atoms with Crippen molar-refractivity contribution in [3.8, 4) is 0 Å². The Morgan fingerprint density at radius 3 is 2.48 bits per heavy atom. The molecule has 0 heterocycles. The predicted octanol–water partition coefficient (Wildman–Crippen LogP) is 3.35. The van der Waals surface area contributed by atoms with Gasteiger partial charge in [-0.25, -0.2) is 4.39 Å². The molecule has 21 heavy (non-hydrogen) atoms. The van der Waals surface area contributed by atoms with E-state index in [0.717, 1.165) is 25.3 Å². The van der Waals surface area contributed by atoms with Crippen molar-refractivity contribution in [1.29, 1.82) is 0 Å². The molecule has 1 aromatic carbocycles. The molecule has 0 unspecified atom stereocenters. The minimum absolute atomic E-state index is 0.0787. The van der Waals surface area contributed by atoms with Gasteiger partial charge in [0.25, 0.3) is 5.91 Å². The first-order valence-corrected chi connectivity index (χ1v) is 7.70. The van der Waals surface area contributed by atoms with Crippen molar-refractivity contribution in [1.82, 2.24) is 5.32 Å².